The van der Waals surface area contributed by atoms with Crippen LogP contribution in [0.2, 0.25) is 0 Å². The molecule has 76 valence electrons. The van der Waals surface area contributed by atoms with E-state index in [-0.39, 0.29) is 6.42 Å². The van der Waals surface area contributed by atoms with Crippen LogP contribution in [0.5, 0.6) is 5.75 Å². The summed E-state index contributed by atoms with van der Waals surface area (Å²) in [6.07, 6.45) is -0.0533. The second kappa shape index (κ2) is 4.09. The van der Waals surface area contributed by atoms with Gasteiger partial charge in [0.05, 0.1) is 13.5 Å². The number of carbonyl (C=O) groups is 1. The van der Waals surface area contributed by atoms with E-state index in [1.165, 1.54) is 7.11 Å². The van der Waals surface area contributed by atoms with Gasteiger partial charge in [0, 0.05) is 23.0 Å². The highest BCUT2D eigenvalue weighted by Crippen LogP contribution is 2.22. The van der Waals surface area contributed by atoms with E-state index in [2.05, 4.69) is 4.98 Å². The van der Waals surface area contributed by atoms with Crippen molar-refractivity contribution in [2.75, 3.05) is 7.11 Å². The van der Waals surface area contributed by atoms with Crippen LogP contribution in [-0.4, -0.2) is 23.2 Å². The summed E-state index contributed by atoms with van der Waals surface area (Å²) in [4.78, 5) is 14.8. The second-order valence-electron chi connectivity index (χ2n) is 3.10. The highest BCUT2D eigenvalue weighted by Gasteiger charge is 2.12. The standard InChI is InChI=1S/C10H13NO3/c1-6-4-9(14-3)8(5-10(12)13)7(2)11-6/h4H,5H2,1-3H3,(H,12,13). The van der Waals surface area contributed by atoms with Gasteiger partial charge in [0.2, 0.25) is 0 Å². The van der Waals surface area contributed by atoms with Crippen LogP contribution in [0.25, 0.3) is 0 Å². The highest BCUT2D eigenvalue weighted by molar-refractivity contribution is 5.71. The number of aromatic nitrogens is 1. The molecule has 4 nitrogen and oxygen atoms in total. The van der Waals surface area contributed by atoms with Crippen molar-refractivity contribution in [3.8, 4) is 5.75 Å². The molecule has 0 fully saturated rings. The predicted octanol–water partition coefficient (Wildman–Crippen LogP) is 1.33. The third-order valence-electron chi connectivity index (χ3n) is 1.97. The average Bonchev–Trinajstić information content (AvgIpc) is 2.08. The first-order chi connectivity index (χ1) is 6.54. The lowest BCUT2D eigenvalue weighted by Crippen LogP contribution is -2.06. The Morgan fingerprint density at radius 1 is 1.57 bits per heavy atom. The Hall–Kier alpha value is -1.58. The van der Waals surface area contributed by atoms with E-state index in [0.717, 1.165) is 5.69 Å². The Labute approximate surface area is 82.5 Å². The number of aryl methyl sites for hydroxylation is 2. The van der Waals surface area contributed by atoms with Crippen molar-refractivity contribution in [3.05, 3.63) is 23.0 Å². The van der Waals surface area contributed by atoms with Crippen molar-refractivity contribution < 1.29 is 14.6 Å². The number of nitrogens with zero attached hydrogens (tertiary/aromatic N) is 1. The third-order valence-corrected chi connectivity index (χ3v) is 1.97. The summed E-state index contributed by atoms with van der Waals surface area (Å²) in [5.41, 5.74) is 2.18. The van der Waals surface area contributed by atoms with Crippen LogP contribution < -0.4 is 4.74 Å². The van der Waals surface area contributed by atoms with Crippen molar-refractivity contribution in [2.45, 2.75) is 20.3 Å². The molecule has 0 saturated heterocycles. The van der Waals surface area contributed by atoms with Crippen LogP contribution in [0.1, 0.15) is 17.0 Å². The number of rotatable bonds is 3. The first-order valence-corrected chi connectivity index (χ1v) is 4.27. The minimum Gasteiger partial charge on any atom is -0.496 e. The summed E-state index contributed by atoms with van der Waals surface area (Å²) in [6, 6.07) is 1.74. The van der Waals surface area contributed by atoms with Gasteiger partial charge in [-0.15, -0.1) is 0 Å². The Kier molecular flexibility index (Phi) is 3.06. The molecule has 0 atom stereocenters. The smallest absolute Gasteiger partial charge is 0.308 e. The Morgan fingerprint density at radius 3 is 2.71 bits per heavy atom. The Bertz CT molecular complexity index is 361. The van der Waals surface area contributed by atoms with Gasteiger partial charge in [-0.25, -0.2) is 0 Å². The molecule has 0 unspecified atom stereocenters. The van der Waals surface area contributed by atoms with E-state index in [1.54, 1.807) is 13.0 Å². The molecule has 1 rings (SSSR count). The maximum Gasteiger partial charge on any atom is 0.308 e. The zero-order valence-corrected chi connectivity index (χ0v) is 8.50. The molecule has 0 aliphatic rings. The number of carboxylic acid groups (broad SMARTS) is 1. The molecular weight excluding hydrogens is 182 g/mol. The van der Waals surface area contributed by atoms with Crippen LogP contribution in [0.4, 0.5) is 0 Å². The number of hydrogen-bond donors (Lipinski definition) is 1. The second-order valence-corrected chi connectivity index (χ2v) is 3.10. The van der Waals surface area contributed by atoms with E-state index >= 15 is 0 Å². The average molecular weight is 195 g/mol. The van der Waals surface area contributed by atoms with Gasteiger partial charge in [-0.1, -0.05) is 0 Å². The SMILES string of the molecule is COc1cc(C)nc(C)c1CC(=O)O. The summed E-state index contributed by atoms with van der Waals surface area (Å²) in [6.45, 7) is 3.63. The molecule has 0 spiro atoms. The van der Waals surface area contributed by atoms with Gasteiger partial charge in [-0.3, -0.25) is 9.78 Å². The summed E-state index contributed by atoms with van der Waals surface area (Å²) in [5, 5.41) is 8.70. The van der Waals surface area contributed by atoms with E-state index in [9.17, 15) is 4.79 Å². The number of aliphatic carboxylic acids is 1. The monoisotopic (exact) mass is 195 g/mol. The van der Waals surface area contributed by atoms with Crippen LogP contribution in [0.3, 0.4) is 0 Å². The first-order valence-electron chi connectivity index (χ1n) is 4.27. The number of methoxy groups -OCH3 is 1. The van der Waals surface area contributed by atoms with Crippen LogP contribution in [-0.2, 0) is 11.2 Å². The zero-order chi connectivity index (χ0) is 10.7. The lowest BCUT2D eigenvalue weighted by atomic mass is 10.1. The molecule has 1 aromatic rings. The summed E-state index contributed by atoms with van der Waals surface area (Å²) < 4.78 is 5.10. The Morgan fingerprint density at radius 2 is 2.21 bits per heavy atom. The molecule has 14 heavy (non-hydrogen) atoms. The van der Waals surface area contributed by atoms with Crippen molar-refractivity contribution in [2.24, 2.45) is 0 Å². The highest BCUT2D eigenvalue weighted by atomic mass is 16.5. The minimum atomic E-state index is -0.878. The summed E-state index contributed by atoms with van der Waals surface area (Å²) in [5.74, 6) is -0.283. The molecule has 0 aliphatic carbocycles. The van der Waals surface area contributed by atoms with Crippen LogP contribution >= 0.6 is 0 Å². The first kappa shape index (κ1) is 10.5. The number of pyridine rings is 1. The van der Waals surface area contributed by atoms with Crippen LogP contribution in [0.15, 0.2) is 6.07 Å². The minimum absolute atomic E-state index is 0.0533. The summed E-state index contributed by atoms with van der Waals surface area (Å²) >= 11 is 0. The molecule has 4 heteroatoms. The maximum absolute atomic E-state index is 10.6. The molecule has 1 heterocycles. The van der Waals surface area contributed by atoms with Gasteiger partial charge >= 0.3 is 5.97 Å². The molecule has 0 bridgehead atoms. The molecule has 0 aromatic carbocycles. The van der Waals surface area contributed by atoms with Crippen molar-refractivity contribution in [1.29, 1.82) is 0 Å². The predicted molar refractivity (Wildman–Crippen MR) is 51.6 cm³/mol. The number of carboxylic acids is 1. The fourth-order valence-corrected chi connectivity index (χ4v) is 1.37. The normalized spacial score (nSPS) is 9.93. The fraction of sp³-hybridized carbons (Fsp3) is 0.400. The van der Waals surface area contributed by atoms with Crippen LogP contribution in [0, 0.1) is 13.8 Å². The fourth-order valence-electron chi connectivity index (χ4n) is 1.37. The molecular formula is C10H13NO3. The van der Waals surface area contributed by atoms with Gasteiger partial charge in [0.25, 0.3) is 0 Å². The molecule has 0 amide bonds. The molecule has 0 radical (unpaired) electrons. The topological polar surface area (TPSA) is 59.4 Å². The quantitative estimate of drug-likeness (QED) is 0.790. The molecule has 0 aliphatic heterocycles. The Balaban J connectivity index is 3.18. The third kappa shape index (κ3) is 2.22. The summed E-state index contributed by atoms with van der Waals surface area (Å²) in [7, 11) is 1.53. The zero-order valence-electron chi connectivity index (χ0n) is 8.50. The largest absolute Gasteiger partial charge is 0.496 e. The van der Waals surface area contributed by atoms with Gasteiger partial charge in [-0.2, -0.15) is 0 Å². The lowest BCUT2D eigenvalue weighted by molar-refractivity contribution is -0.136. The van der Waals surface area contributed by atoms with E-state index in [4.69, 9.17) is 9.84 Å². The number of ether oxygens (including phenoxy) is 1. The molecule has 1 N–H and O–H groups in total. The molecule has 0 saturated carbocycles. The van der Waals surface area contributed by atoms with Crippen molar-refractivity contribution >= 4 is 5.97 Å². The van der Waals surface area contributed by atoms with Gasteiger partial charge in [-0.05, 0) is 13.8 Å². The van der Waals surface area contributed by atoms with E-state index in [1.807, 2.05) is 6.92 Å². The lowest BCUT2D eigenvalue weighted by Gasteiger charge is -2.10. The van der Waals surface area contributed by atoms with Gasteiger partial charge in [0.1, 0.15) is 5.75 Å². The number of hydrogen-bond acceptors (Lipinski definition) is 3. The maximum atomic E-state index is 10.6. The van der Waals surface area contributed by atoms with E-state index in [0.29, 0.717) is 17.0 Å². The van der Waals surface area contributed by atoms with Crippen molar-refractivity contribution in [1.82, 2.24) is 4.98 Å². The van der Waals surface area contributed by atoms with Gasteiger partial charge < -0.3 is 9.84 Å². The van der Waals surface area contributed by atoms with E-state index < -0.39 is 5.97 Å². The molecule has 1 aromatic heterocycles. The van der Waals surface area contributed by atoms with Crippen molar-refractivity contribution in [3.63, 3.8) is 0 Å². The van der Waals surface area contributed by atoms with Gasteiger partial charge in [0.15, 0.2) is 0 Å².